The van der Waals surface area contributed by atoms with Gasteiger partial charge < -0.3 is 10.3 Å². The molecule has 4 aromatic rings. The number of aromatic amines is 2. The van der Waals surface area contributed by atoms with Crippen molar-refractivity contribution in [3.05, 3.63) is 100.0 Å². The first-order chi connectivity index (χ1) is 14.1. The maximum Gasteiger partial charge on any atom is 0.261 e. The van der Waals surface area contributed by atoms with Crippen LogP contribution < -0.4 is 10.9 Å². The second kappa shape index (κ2) is 7.98. The number of nitrogens with zero attached hydrogens (tertiary/aromatic N) is 1. The molecule has 29 heavy (non-hydrogen) atoms. The number of H-pyrrole nitrogens is 2. The van der Waals surface area contributed by atoms with Crippen LogP contribution in [-0.2, 0) is 6.54 Å². The van der Waals surface area contributed by atoms with E-state index < -0.39 is 11.5 Å². The van der Waals surface area contributed by atoms with E-state index in [2.05, 4.69) is 20.5 Å². The number of pyridine rings is 1. The van der Waals surface area contributed by atoms with E-state index >= 15 is 0 Å². The van der Waals surface area contributed by atoms with Gasteiger partial charge in [0.1, 0.15) is 5.56 Å². The predicted octanol–water partition coefficient (Wildman–Crippen LogP) is 3.67. The van der Waals surface area contributed by atoms with Crippen LogP contribution in [0.5, 0.6) is 0 Å². The zero-order valence-corrected chi connectivity index (χ0v) is 15.9. The molecule has 0 radical (unpaired) electrons. The average molecular weight is 384 g/mol. The first-order valence-electron chi connectivity index (χ1n) is 9.27. The van der Waals surface area contributed by atoms with Gasteiger partial charge in [0.05, 0.1) is 5.69 Å². The molecule has 4 rings (SSSR count). The summed E-state index contributed by atoms with van der Waals surface area (Å²) in [7, 11) is 0. The molecule has 0 atom stereocenters. The van der Waals surface area contributed by atoms with Gasteiger partial charge in [0.25, 0.3) is 11.5 Å². The highest BCUT2D eigenvalue weighted by atomic mass is 16.2. The Morgan fingerprint density at radius 2 is 1.79 bits per heavy atom. The van der Waals surface area contributed by atoms with Gasteiger partial charge in [-0.15, -0.1) is 0 Å². The molecule has 0 bridgehead atoms. The number of benzene rings is 2. The fraction of sp³-hybridized carbons (Fsp3) is 0.0870. The number of amides is 1. The summed E-state index contributed by atoms with van der Waals surface area (Å²) in [5, 5.41) is 9.65. The lowest BCUT2D eigenvalue weighted by molar-refractivity contribution is 0.0949. The largest absolute Gasteiger partial charge is 0.348 e. The number of rotatable bonds is 5. The molecular weight excluding hydrogens is 364 g/mol. The molecule has 144 valence electrons. The lowest BCUT2D eigenvalue weighted by Crippen LogP contribution is -2.29. The van der Waals surface area contributed by atoms with Crippen LogP contribution in [0.3, 0.4) is 0 Å². The Morgan fingerprint density at radius 3 is 2.48 bits per heavy atom. The Labute approximate surface area is 167 Å². The third-order valence-electron chi connectivity index (χ3n) is 4.70. The molecule has 0 saturated heterocycles. The van der Waals surface area contributed by atoms with Crippen LogP contribution in [0.15, 0.2) is 77.7 Å². The molecule has 1 amide bonds. The minimum Gasteiger partial charge on any atom is -0.348 e. The lowest BCUT2D eigenvalue weighted by Gasteiger charge is -2.07. The Bertz CT molecular complexity index is 1190. The van der Waals surface area contributed by atoms with Crippen molar-refractivity contribution in [3.8, 4) is 22.5 Å². The van der Waals surface area contributed by atoms with E-state index in [0.29, 0.717) is 12.2 Å². The molecule has 2 heterocycles. The van der Waals surface area contributed by atoms with Gasteiger partial charge >= 0.3 is 0 Å². The maximum absolute atomic E-state index is 12.5. The Hall–Kier alpha value is -3.93. The molecule has 0 saturated carbocycles. The van der Waals surface area contributed by atoms with Crippen molar-refractivity contribution in [2.24, 2.45) is 0 Å². The third-order valence-corrected chi connectivity index (χ3v) is 4.70. The number of carbonyl (C=O) groups excluding carboxylic acids is 1. The topological polar surface area (TPSA) is 90.6 Å². The van der Waals surface area contributed by atoms with Crippen LogP contribution in [0.4, 0.5) is 0 Å². The van der Waals surface area contributed by atoms with E-state index in [4.69, 9.17) is 0 Å². The van der Waals surface area contributed by atoms with E-state index in [1.165, 1.54) is 0 Å². The lowest BCUT2D eigenvalue weighted by atomic mass is 10.1. The summed E-state index contributed by atoms with van der Waals surface area (Å²) in [6, 6.07) is 20.8. The summed E-state index contributed by atoms with van der Waals surface area (Å²) in [4.78, 5) is 27.6. The number of nitrogens with one attached hydrogen (secondary N) is 3. The molecular formula is C23H20N4O2. The van der Waals surface area contributed by atoms with Crippen LogP contribution in [0, 0.1) is 6.92 Å². The van der Waals surface area contributed by atoms with Crippen LogP contribution >= 0.6 is 0 Å². The molecule has 0 unspecified atom stereocenters. The molecule has 0 spiro atoms. The van der Waals surface area contributed by atoms with Crippen LogP contribution in [-0.4, -0.2) is 21.1 Å². The molecule has 0 fully saturated rings. The number of hydrogen-bond donors (Lipinski definition) is 3. The summed E-state index contributed by atoms with van der Waals surface area (Å²) in [6.07, 6.45) is 1.70. The zero-order valence-electron chi connectivity index (χ0n) is 15.9. The second-order valence-electron chi connectivity index (χ2n) is 6.83. The normalized spacial score (nSPS) is 10.7. The SMILES string of the molecule is Cc1cccc(-c2ccc(C(=O)NCc3ccc(-c4ccn[nH]4)cc3)c(=O)[nH]2)c1. The molecule has 3 N–H and O–H groups in total. The Morgan fingerprint density at radius 1 is 0.966 bits per heavy atom. The molecule has 6 heteroatoms. The minimum absolute atomic E-state index is 0.0930. The summed E-state index contributed by atoms with van der Waals surface area (Å²) in [5.41, 5.74) is 5.27. The number of aryl methyl sites for hydroxylation is 1. The molecule has 2 aromatic carbocycles. The van der Waals surface area contributed by atoms with Gasteiger partial charge in [-0.25, -0.2) is 0 Å². The van der Waals surface area contributed by atoms with Crippen molar-refractivity contribution < 1.29 is 4.79 Å². The van der Waals surface area contributed by atoms with E-state index in [-0.39, 0.29) is 5.56 Å². The number of carbonyl (C=O) groups is 1. The molecule has 2 aromatic heterocycles. The van der Waals surface area contributed by atoms with E-state index in [9.17, 15) is 9.59 Å². The summed E-state index contributed by atoms with van der Waals surface area (Å²) in [5.74, 6) is -0.403. The fourth-order valence-electron chi connectivity index (χ4n) is 3.13. The summed E-state index contributed by atoms with van der Waals surface area (Å²) >= 11 is 0. The summed E-state index contributed by atoms with van der Waals surface area (Å²) in [6.45, 7) is 2.33. The van der Waals surface area contributed by atoms with Gasteiger partial charge in [-0.05, 0) is 47.9 Å². The number of hydrogen-bond acceptors (Lipinski definition) is 3. The minimum atomic E-state index is -0.406. The van der Waals surface area contributed by atoms with Gasteiger partial charge in [0.15, 0.2) is 0 Å². The standard InChI is InChI=1S/C23H20N4O2/c1-15-3-2-4-18(13-15)20-10-9-19(23(29)26-20)22(28)24-14-16-5-7-17(8-6-16)21-11-12-25-27-21/h2-13H,14H2,1H3,(H,24,28)(H,25,27)(H,26,29). The van der Waals surface area contributed by atoms with Crippen molar-refractivity contribution >= 4 is 5.91 Å². The fourth-order valence-corrected chi connectivity index (χ4v) is 3.13. The van der Waals surface area contributed by atoms with E-state index in [1.807, 2.05) is 61.5 Å². The Kier molecular flexibility index (Phi) is 5.07. The van der Waals surface area contributed by atoms with Crippen LogP contribution in [0.2, 0.25) is 0 Å². The van der Waals surface area contributed by atoms with Gasteiger partial charge in [-0.2, -0.15) is 5.10 Å². The van der Waals surface area contributed by atoms with E-state index in [0.717, 1.165) is 27.9 Å². The van der Waals surface area contributed by atoms with Crippen LogP contribution in [0.1, 0.15) is 21.5 Å². The van der Waals surface area contributed by atoms with Crippen molar-refractivity contribution in [2.45, 2.75) is 13.5 Å². The molecule has 6 nitrogen and oxygen atoms in total. The average Bonchev–Trinajstić information content (AvgIpc) is 3.27. The molecule has 0 aliphatic rings. The summed E-state index contributed by atoms with van der Waals surface area (Å²) < 4.78 is 0. The molecule has 0 aliphatic heterocycles. The van der Waals surface area contributed by atoms with Gasteiger partial charge in [0.2, 0.25) is 0 Å². The van der Waals surface area contributed by atoms with Crippen molar-refractivity contribution in [1.29, 1.82) is 0 Å². The smallest absolute Gasteiger partial charge is 0.261 e. The quantitative estimate of drug-likeness (QED) is 0.490. The number of aromatic nitrogens is 3. The molecule has 0 aliphatic carbocycles. The van der Waals surface area contributed by atoms with Crippen molar-refractivity contribution in [2.75, 3.05) is 0 Å². The van der Waals surface area contributed by atoms with Crippen LogP contribution in [0.25, 0.3) is 22.5 Å². The highest BCUT2D eigenvalue weighted by molar-refractivity contribution is 5.94. The Balaban J connectivity index is 1.44. The monoisotopic (exact) mass is 384 g/mol. The predicted molar refractivity (Wildman–Crippen MR) is 112 cm³/mol. The van der Waals surface area contributed by atoms with Gasteiger partial charge in [0, 0.05) is 18.4 Å². The van der Waals surface area contributed by atoms with Gasteiger partial charge in [-0.1, -0.05) is 48.0 Å². The van der Waals surface area contributed by atoms with Crippen molar-refractivity contribution in [3.63, 3.8) is 0 Å². The first-order valence-corrected chi connectivity index (χ1v) is 9.27. The zero-order chi connectivity index (χ0) is 20.2. The third kappa shape index (κ3) is 4.16. The highest BCUT2D eigenvalue weighted by Crippen LogP contribution is 2.18. The van der Waals surface area contributed by atoms with Crippen molar-refractivity contribution in [1.82, 2.24) is 20.5 Å². The first kappa shape index (κ1) is 18.4. The maximum atomic E-state index is 12.5. The van der Waals surface area contributed by atoms with Gasteiger partial charge in [-0.3, -0.25) is 14.7 Å². The second-order valence-corrected chi connectivity index (χ2v) is 6.83. The highest BCUT2D eigenvalue weighted by Gasteiger charge is 2.11. The van der Waals surface area contributed by atoms with E-state index in [1.54, 1.807) is 18.3 Å².